The van der Waals surface area contributed by atoms with Crippen LogP contribution in [0, 0.1) is 0 Å². The molecule has 0 radical (unpaired) electrons. The lowest BCUT2D eigenvalue weighted by atomic mass is 10.0. The maximum absolute atomic E-state index is 11.7. The predicted octanol–water partition coefficient (Wildman–Crippen LogP) is 3.45. The van der Waals surface area contributed by atoms with Gasteiger partial charge in [0, 0.05) is 12.6 Å². The molecule has 156 valence electrons. The van der Waals surface area contributed by atoms with Crippen LogP contribution >= 0.6 is 0 Å². The lowest BCUT2D eigenvalue weighted by Gasteiger charge is -2.27. The van der Waals surface area contributed by atoms with Crippen LogP contribution in [0.3, 0.4) is 0 Å². The molecule has 6 nitrogen and oxygen atoms in total. The molecule has 0 aliphatic carbocycles. The molecule has 29 heavy (non-hydrogen) atoms. The second kappa shape index (κ2) is 10.3. The van der Waals surface area contributed by atoms with E-state index >= 15 is 0 Å². The molecule has 0 saturated carbocycles. The second-order valence-electron chi connectivity index (χ2n) is 7.14. The van der Waals surface area contributed by atoms with Crippen molar-refractivity contribution in [2.45, 2.75) is 31.9 Å². The van der Waals surface area contributed by atoms with Crippen molar-refractivity contribution in [2.24, 2.45) is 0 Å². The topological polar surface area (TPSA) is 68.2 Å². The van der Waals surface area contributed by atoms with Crippen LogP contribution in [0.2, 0.25) is 0 Å². The van der Waals surface area contributed by atoms with Crippen LogP contribution in [0.15, 0.2) is 48.5 Å². The van der Waals surface area contributed by atoms with Crippen molar-refractivity contribution in [3.05, 3.63) is 59.7 Å². The van der Waals surface area contributed by atoms with E-state index < -0.39 is 6.10 Å². The Morgan fingerprint density at radius 2 is 2.00 bits per heavy atom. The highest BCUT2D eigenvalue weighted by Crippen LogP contribution is 2.33. The first-order valence-electron chi connectivity index (χ1n) is 10.1. The Labute approximate surface area is 172 Å². The number of hydrogen-bond acceptors (Lipinski definition) is 6. The summed E-state index contributed by atoms with van der Waals surface area (Å²) in [6.45, 7) is 3.81. The largest absolute Gasteiger partial charge is 0.497 e. The molecule has 6 heteroatoms. The smallest absolute Gasteiger partial charge is 0.338 e. The predicted molar refractivity (Wildman–Crippen MR) is 110 cm³/mol. The molecule has 2 unspecified atom stereocenters. The highest BCUT2D eigenvalue weighted by molar-refractivity contribution is 5.89. The number of esters is 1. The van der Waals surface area contributed by atoms with Gasteiger partial charge < -0.3 is 19.3 Å². The first-order chi connectivity index (χ1) is 14.1. The first kappa shape index (κ1) is 21.1. The highest BCUT2D eigenvalue weighted by Gasteiger charge is 2.28. The van der Waals surface area contributed by atoms with Crippen molar-refractivity contribution in [2.75, 3.05) is 33.4 Å². The van der Waals surface area contributed by atoms with Gasteiger partial charge in [0.2, 0.25) is 0 Å². The Kier molecular flexibility index (Phi) is 7.49. The molecule has 1 fully saturated rings. The van der Waals surface area contributed by atoms with Crippen LogP contribution in [0.4, 0.5) is 0 Å². The Morgan fingerprint density at radius 3 is 2.72 bits per heavy atom. The van der Waals surface area contributed by atoms with Crippen molar-refractivity contribution >= 4 is 5.97 Å². The summed E-state index contributed by atoms with van der Waals surface area (Å²) >= 11 is 0. The first-order valence-corrected chi connectivity index (χ1v) is 10.1. The van der Waals surface area contributed by atoms with E-state index in [0.29, 0.717) is 24.5 Å². The van der Waals surface area contributed by atoms with Crippen LogP contribution in [0.25, 0.3) is 0 Å². The molecule has 2 aromatic carbocycles. The van der Waals surface area contributed by atoms with E-state index in [0.717, 1.165) is 25.1 Å². The molecule has 1 saturated heterocycles. The van der Waals surface area contributed by atoms with Gasteiger partial charge in [-0.1, -0.05) is 12.1 Å². The summed E-state index contributed by atoms with van der Waals surface area (Å²) < 4.78 is 16.0. The van der Waals surface area contributed by atoms with Crippen molar-refractivity contribution in [1.29, 1.82) is 0 Å². The van der Waals surface area contributed by atoms with E-state index in [1.54, 1.807) is 38.3 Å². The van der Waals surface area contributed by atoms with Gasteiger partial charge in [-0.05, 0) is 68.3 Å². The van der Waals surface area contributed by atoms with Crippen molar-refractivity contribution in [3.8, 4) is 11.5 Å². The number of carbonyl (C=O) groups excluding carboxylic acids is 1. The molecule has 1 heterocycles. The molecule has 0 bridgehead atoms. The third kappa shape index (κ3) is 5.71. The Balaban J connectivity index is 1.52. The van der Waals surface area contributed by atoms with Gasteiger partial charge in [0.25, 0.3) is 0 Å². The number of nitrogens with zero attached hydrogens (tertiary/aromatic N) is 1. The second-order valence-corrected chi connectivity index (χ2v) is 7.14. The Bertz CT molecular complexity index is 792. The SMILES string of the molecule is CCOC(=O)c1ccc(OCC(O)CN2CCCC2c2cccc(OC)c2)cc1. The third-order valence-corrected chi connectivity index (χ3v) is 5.10. The fourth-order valence-electron chi connectivity index (χ4n) is 3.69. The maximum Gasteiger partial charge on any atom is 0.338 e. The number of aliphatic hydroxyl groups excluding tert-OH is 1. The molecule has 2 atom stereocenters. The monoisotopic (exact) mass is 399 g/mol. The van der Waals surface area contributed by atoms with Gasteiger partial charge >= 0.3 is 5.97 Å². The summed E-state index contributed by atoms with van der Waals surface area (Å²) in [6, 6.07) is 15.2. The summed E-state index contributed by atoms with van der Waals surface area (Å²) in [5.41, 5.74) is 1.70. The van der Waals surface area contributed by atoms with E-state index in [2.05, 4.69) is 17.0 Å². The number of β-amino-alcohol motifs (C(OH)–C–C–N with tert-alkyl or cyclic N) is 1. The molecule has 2 aromatic rings. The molecular weight excluding hydrogens is 370 g/mol. The van der Waals surface area contributed by atoms with E-state index in [1.165, 1.54) is 5.56 Å². The van der Waals surface area contributed by atoms with E-state index in [-0.39, 0.29) is 18.6 Å². The molecule has 3 rings (SSSR count). The van der Waals surface area contributed by atoms with Gasteiger partial charge in [-0.25, -0.2) is 4.79 Å². The molecule has 0 amide bonds. The number of carbonyl (C=O) groups is 1. The van der Waals surface area contributed by atoms with Gasteiger partial charge in [0.1, 0.15) is 24.2 Å². The van der Waals surface area contributed by atoms with Gasteiger partial charge in [-0.15, -0.1) is 0 Å². The maximum atomic E-state index is 11.7. The van der Waals surface area contributed by atoms with E-state index in [9.17, 15) is 9.90 Å². The number of rotatable bonds is 9. The van der Waals surface area contributed by atoms with Crippen LogP contribution in [-0.2, 0) is 4.74 Å². The quantitative estimate of drug-likeness (QED) is 0.652. The number of likely N-dealkylation sites (tertiary alicyclic amines) is 1. The van der Waals surface area contributed by atoms with Crippen LogP contribution in [0.5, 0.6) is 11.5 Å². The lowest BCUT2D eigenvalue weighted by molar-refractivity contribution is 0.0525. The van der Waals surface area contributed by atoms with Gasteiger partial charge in [-0.2, -0.15) is 0 Å². The van der Waals surface area contributed by atoms with Crippen LogP contribution in [-0.4, -0.2) is 55.5 Å². The fourth-order valence-corrected chi connectivity index (χ4v) is 3.69. The van der Waals surface area contributed by atoms with Gasteiger partial charge in [0.15, 0.2) is 0 Å². The minimum absolute atomic E-state index is 0.195. The average molecular weight is 399 g/mol. The number of benzene rings is 2. The van der Waals surface area contributed by atoms with Crippen molar-refractivity contribution in [1.82, 2.24) is 4.90 Å². The number of methoxy groups -OCH3 is 1. The molecule has 0 aromatic heterocycles. The number of ether oxygens (including phenoxy) is 3. The van der Waals surface area contributed by atoms with Crippen LogP contribution in [0.1, 0.15) is 41.7 Å². The normalized spacial score (nSPS) is 17.7. The van der Waals surface area contributed by atoms with E-state index in [1.807, 2.05) is 12.1 Å². The van der Waals surface area contributed by atoms with Crippen molar-refractivity contribution in [3.63, 3.8) is 0 Å². The van der Waals surface area contributed by atoms with Gasteiger partial charge in [0.05, 0.1) is 19.3 Å². The van der Waals surface area contributed by atoms with Crippen molar-refractivity contribution < 1.29 is 24.1 Å². The van der Waals surface area contributed by atoms with Gasteiger partial charge in [-0.3, -0.25) is 4.90 Å². The molecule has 1 aliphatic heterocycles. The van der Waals surface area contributed by atoms with Crippen LogP contribution < -0.4 is 9.47 Å². The average Bonchev–Trinajstić information content (AvgIpc) is 3.21. The fraction of sp³-hybridized carbons (Fsp3) is 0.435. The Hall–Kier alpha value is -2.57. The zero-order chi connectivity index (χ0) is 20.6. The molecule has 0 spiro atoms. The summed E-state index contributed by atoms with van der Waals surface area (Å²) in [7, 11) is 1.67. The minimum Gasteiger partial charge on any atom is -0.497 e. The minimum atomic E-state index is -0.606. The van der Waals surface area contributed by atoms with E-state index in [4.69, 9.17) is 14.2 Å². The zero-order valence-corrected chi connectivity index (χ0v) is 17.0. The highest BCUT2D eigenvalue weighted by atomic mass is 16.5. The number of hydrogen-bond donors (Lipinski definition) is 1. The molecule has 1 N–H and O–H groups in total. The standard InChI is InChI=1S/C23H29NO5/c1-3-28-23(26)17-9-11-20(12-10-17)29-16-19(25)15-24-13-5-8-22(24)18-6-4-7-21(14-18)27-2/h4,6-7,9-12,14,19,22,25H,3,5,8,13,15-16H2,1-2H3. The lowest BCUT2D eigenvalue weighted by Crippen LogP contribution is -2.35. The molecular formula is C23H29NO5. The summed E-state index contributed by atoms with van der Waals surface area (Å²) in [5.74, 6) is 1.11. The summed E-state index contributed by atoms with van der Waals surface area (Å²) in [6.07, 6.45) is 1.56. The number of aliphatic hydroxyl groups is 1. The summed E-state index contributed by atoms with van der Waals surface area (Å²) in [4.78, 5) is 14.0. The molecule has 1 aliphatic rings. The Morgan fingerprint density at radius 1 is 1.21 bits per heavy atom. The summed E-state index contributed by atoms with van der Waals surface area (Å²) in [5, 5.41) is 10.5. The zero-order valence-electron chi connectivity index (χ0n) is 17.0. The third-order valence-electron chi connectivity index (χ3n) is 5.10.